The van der Waals surface area contributed by atoms with E-state index in [-0.39, 0.29) is 17.3 Å². The molecule has 1 atom stereocenters. The van der Waals surface area contributed by atoms with Gasteiger partial charge in [-0.2, -0.15) is 14.4 Å². The Hall–Kier alpha value is -3.79. The van der Waals surface area contributed by atoms with Gasteiger partial charge in [0.15, 0.2) is 0 Å². The summed E-state index contributed by atoms with van der Waals surface area (Å²) < 4.78 is 33.0. The SMILES string of the molecule is CC1=NN(c2ccccc2)C(=O)C1=Cc1ccc(OC(=O)C2CCCN(S(=O)(=O)c3ccc(Cl)cc3)C2)cc1. The summed E-state index contributed by atoms with van der Waals surface area (Å²) in [5, 5.41) is 6.20. The van der Waals surface area contributed by atoms with Crippen molar-refractivity contribution < 1.29 is 22.7 Å². The summed E-state index contributed by atoms with van der Waals surface area (Å²) in [5.41, 5.74) is 2.53. The fourth-order valence-corrected chi connectivity index (χ4v) is 6.19. The maximum atomic E-state index is 13.0. The molecule has 5 rings (SSSR count). The first-order valence-corrected chi connectivity index (χ1v) is 14.3. The smallest absolute Gasteiger partial charge is 0.315 e. The summed E-state index contributed by atoms with van der Waals surface area (Å²) in [6.45, 7) is 2.16. The van der Waals surface area contributed by atoms with Gasteiger partial charge in [0.25, 0.3) is 5.91 Å². The number of para-hydroxylation sites is 1. The van der Waals surface area contributed by atoms with Crippen molar-refractivity contribution in [1.29, 1.82) is 0 Å². The third kappa shape index (κ3) is 5.80. The fraction of sp³-hybridized carbons (Fsp3) is 0.207. The number of hydrazone groups is 1. The minimum atomic E-state index is -3.75. The van der Waals surface area contributed by atoms with Crippen LogP contribution in [0.2, 0.25) is 5.02 Å². The van der Waals surface area contributed by atoms with Gasteiger partial charge >= 0.3 is 5.97 Å². The van der Waals surface area contributed by atoms with Crippen LogP contribution in [0.15, 0.2) is 94.4 Å². The summed E-state index contributed by atoms with van der Waals surface area (Å²) in [4.78, 5) is 26.0. The number of anilines is 1. The number of carbonyl (C=O) groups is 2. The largest absolute Gasteiger partial charge is 0.426 e. The lowest BCUT2D eigenvalue weighted by atomic mass is 10.00. The summed E-state index contributed by atoms with van der Waals surface area (Å²) in [7, 11) is -3.75. The van der Waals surface area contributed by atoms with E-state index in [0.717, 1.165) is 5.56 Å². The Labute approximate surface area is 232 Å². The molecule has 2 heterocycles. The van der Waals surface area contributed by atoms with Crippen molar-refractivity contribution in [2.75, 3.05) is 18.1 Å². The molecule has 8 nitrogen and oxygen atoms in total. The van der Waals surface area contributed by atoms with Crippen molar-refractivity contribution >= 4 is 51.0 Å². The molecule has 39 heavy (non-hydrogen) atoms. The predicted octanol–water partition coefficient (Wildman–Crippen LogP) is 5.15. The Morgan fingerprint density at radius 2 is 1.72 bits per heavy atom. The van der Waals surface area contributed by atoms with Gasteiger partial charge in [0.1, 0.15) is 5.75 Å². The van der Waals surface area contributed by atoms with Crippen LogP contribution in [-0.2, 0) is 19.6 Å². The third-order valence-corrected chi connectivity index (χ3v) is 8.77. The van der Waals surface area contributed by atoms with Crippen LogP contribution in [0.5, 0.6) is 5.75 Å². The fourth-order valence-electron chi connectivity index (χ4n) is 4.54. The number of rotatable bonds is 6. The normalized spacial score (nSPS) is 19.3. The number of sulfonamides is 1. The number of benzene rings is 3. The molecule has 3 aromatic rings. The van der Waals surface area contributed by atoms with Crippen molar-refractivity contribution in [3.05, 3.63) is 95.0 Å². The van der Waals surface area contributed by atoms with E-state index in [9.17, 15) is 18.0 Å². The van der Waals surface area contributed by atoms with Crippen LogP contribution in [0, 0.1) is 5.92 Å². The number of piperidine rings is 1. The molecule has 1 fully saturated rings. The van der Waals surface area contributed by atoms with Crippen molar-refractivity contribution in [2.45, 2.75) is 24.7 Å². The second-order valence-electron chi connectivity index (χ2n) is 9.34. The van der Waals surface area contributed by atoms with Crippen LogP contribution < -0.4 is 9.75 Å². The zero-order valence-electron chi connectivity index (χ0n) is 21.2. The molecule has 2 aliphatic heterocycles. The molecule has 2 aliphatic rings. The Balaban J connectivity index is 1.23. The van der Waals surface area contributed by atoms with Gasteiger partial charge in [0, 0.05) is 18.1 Å². The third-order valence-electron chi connectivity index (χ3n) is 6.64. The van der Waals surface area contributed by atoms with Gasteiger partial charge in [-0.3, -0.25) is 9.59 Å². The Bertz CT molecular complexity index is 1550. The van der Waals surface area contributed by atoms with Gasteiger partial charge in [-0.15, -0.1) is 0 Å². The van der Waals surface area contributed by atoms with Gasteiger partial charge in [-0.05, 0) is 79.9 Å². The Morgan fingerprint density at radius 1 is 1.03 bits per heavy atom. The topological polar surface area (TPSA) is 96.3 Å². The van der Waals surface area contributed by atoms with Gasteiger partial charge < -0.3 is 4.74 Å². The molecule has 10 heteroatoms. The molecule has 0 saturated carbocycles. The number of ether oxygens (including phenoxy) is 1. The first-order chi connectivity index (χ1) is 18.7. The van der Waals surface area contributed by atoms with E-state index in [1.807, 2.05) is 30.3 Å². The number of nitrogens with zero attached hydrogens (tertiary/aromatic N) is 3. The van der Waals surface area contributed by atoms with E-state index < -0.39 is 21.9 Å². The highest BCUT2D eigenvalue weighted by Crippen LogP contribution is 2.28. The second-order valence-corrected chi connectivity index (χ2v) is 11.7. The van der Waals surface area contributed by atoms with Crippen LogP contribution in [-0.4, -0.2) is 43.4 Å². The lowest BCUT2D eigenvalue weighted by Crippen LogP contribution is -2.43. The van der Waals surface area contributed by atoms with Crippen molar-refractivity contribution in [3.63, 3.8) is 0 Å². The van der Waals surface area contributed by atoms with Crippen LogP contribution in [0.1, 0.15) is 25.3 Å². The number of esters is 1. The van der Waals surface area contributed by atoms with Gasteiger partial charge in [0.05, 0.1) is 27.8 Å². The van der Waals surface area contributed by atoms with E-state index in [2.05, 4.69) is 5.10 Å². The lowest BCUT2D eigenvalue weighted by Gasteiger charge is -2.30. The summed E-state index contributed by atoms with van der Waals surface area (Å²) in [6.07, 6.45) is 2.83. The first-order valence-electron chi connectivity index (χ1n) is 12.5. The molecule has 1 saturated heterocycles. The van der Waals surface area contributed by atoms with Crippen LogP contribution in [0.4, 0.5) is 5.69 Å². The van der Waals surface area contributed by atoms with E-state index in [4.69, 9.17) is 16.3 Å². The average molecular weight is 564 g/mol. The number of hydrogen-bond acceptors (Lipinski definition) is 6. The Kier molecular flexibility index (Phi) is 7.65. The zero-order chi connectivity index (χ0) is 27.6. The van der Waals surface area contributed by atoms with Crippen LogP contribution >= 0.6 is 11.6 Å². The van der Waals surface area contributed by atoms with Crippen molar-refractivity contribution in [1.82, 2.24) is 4.31 Å². The van der Waals surface area contributed by atoms with Gasteiger partial charge in [-0.25, -0.2) is 8.42 Å². The molecule has 0 aromatic heterocycles. The molecule has 1 unspecified atom stereocenters. The molecular formula is C29H26ClN3O5S. The monoisotopic (exact) mass is 563 g/mol. The highest BCUT2D eigenvalue weighted by Gasteiger charge is 2.34. The minimum Gasteiger partial charge on any atom is -0.426 e. The standard InChI is InChI=1S/C29H26ClN3O5S/c1-20-27(28(34)33(31-20)24-7-3-2-4-8-24)18-21-9-13-25(14-10-21)38-29(35)22-6-5-17-32(19-22)39(36,37)26-15-11-23(30)12-16-26/h2-4,7-16,18,22H,5-6,17,19H2,1H3. The maximum Gasteiger partial charge on any atom is 0.315 e. The Morgan fingerprint density at radius 3 is 2.41 bits per heavy atom. The van der Waals surface area contributed by atoms with E-state index >= 15 is 0 Å². The molecular weight excluding hydrogens is 538 g/mol. The van der Waals surface area contributed by atoms with E-state index in [1.165, 1.54) is 33.6 Å². The molecule has 0 aliphatic carbocycles. The van der Waals surface area contributed by atoms with Crippen LogP contribution in [0.25, 0.3) is 6.08 Å². The number of halogens is 1. The second kappa shape index (κ2) is 11.1. The highest BCUT2D eigenvalue weighted by atomic mass is 35.5. The van der Waals surface area contributed by atoms with Crippen molar-refractivity contribution in [2.24, 2.45) is 11.0 Å². The van der Waals surface area contributed by atoms with Gasteiger partial charge in [-0.1, -0.05) is 41.9 Å². The highest BCUT2D eigenvalue weighted by molar-refractivity contribution is 7.89. The van der Waals surface area contributed by atoms with Gasteiger partial charge in [0.2, 0.25) is 10.0 Å². The van der Waals surface area contributed by atoms with Crippen molar-refractivity contribution in [3.8, 4) is 5.75 Å². The lowest BCUT2D eigenvalue weighted by molar-refractivity contribution is -0.140. The number of carbonyl (C=O) groups excluding carboxylic acids is 2. The molecule has 1 amide bonds. The van der Waals surface area contributed by atoms with E-state index in [0.29, 0.717) is 47.1 Å². The molecule has 0 bridgehead atoms. The minimum absolute atomic E-state index is 0.0482. The summed E-state index contributed by atoms with van der Waals surface area (Å²) in [5.74, 6) is -0.940. The number of hydrogen-bond donors (Lipinski definition) is 0. The summed E-state index contributed by atoms with van der Waals surface area (Å²) >= 11 is 5.89. The molecule has 0 N–H and O–H groups in total. The quantitative estimate of drug-likeness (QED) is 0.235. The average Bonchev–Trinajstić information content (AvgIpc) is 3.23. The zero-order valence-corrected chi connectivity index (χ0v) is 22.7. The summed E-state index contributed by atoms with van der Waals surface area (Å²) in [6, 6.07) is 22.0. The molecule has 0 spiro atoms. The predicted molar refractivity (Wildman–Crippen MR) is 150 cm³/mol. The molecule has 200 valence electrons. The number of amides is 1. The molecule has 0 radical (unpaired) electrons. The van der Waals surface area contributed by atoms with E-state index in [1.54, 1.807) is 37.3 Å². The molecule has 3 aromatic carbocycles. The first kappa shape index (κ1) is 26.8. The maximum absolute atomic E-state index is 13.0. The van der Waals surface area contributed by atoms with Crippen LogP contribution in [0.3, 0.4) is 0 Å².